The summed E-state index contributed by atoms with van der Waals surface area (Å²) in [7, 11) is 0. The van der Waals surface area contributed by atoms with Crippen molar-refractivity contribution in [3.8, 4) is 6.07 Å². The van der Waals surface area contributed by atoms with E-state index in [1.54, 1.807) is 0 Å². The minimum atomic E-state index is -0.00671. The highest BCUT2D eigenvalue weighted by Crippen LogP contribution is 2.21. The van der Waals surface area contributed by atoms with Crippen LogP contribution in [0.3, 0.4) is 0 Å². The number of rotatable bonds is 4. The second kappa shape index (κ2) is 5.33. The summed E-state index contributed by atoms with van der Waals surface area (Å²) in [6.07, 6.45) is 1.27. The van der Waals surface area contributed by atoms with E-state index in [0.717, 1.165) is 25.6 Å². The van der Waals surface area contributed by atoms with Gasteiger partial charge in [-0.1, -0.05) is 13.8 Å². The Balaban J connectivity index is 2.39. The highest BCUT2D eigenvalue weighted by molar-refractivity contribution is 4.94. The first kappa shape index (κ1) is 11.5. The number of likely N-dealkylation sites (tertiary alicyclic amines) is 1. The Labute approximate surface area is 87.1 Å². The first-order valence-corrected chi connectivity index (χ1v) is 5.54. The Kier molecular flexibility index (Phi) is 4.37. The van der Waals surface area contributed by atoms with E-state index in [2.05, 4.69) is 30.1 Å². The second-order valence-electron chi connectivity index (χ2n) is 4.38. The van der Waals surface area contributed by atoms with Crippen molar-refractivity contribution >= 4 is 0 Å². The fourth-order valence-corrected chi connectivity index (χ4v) is 2.27. The molecule has 1 heterocycles. The van der Waals surface area contributed by atoms with Gasteiger partial charge in [0.2, 0.25) is 0 Å². The first-order valence-electron chi connectivity index (χ1n) is 5.54. The van der Waals surface area contributed by atoms with Crippen LogP contribution in [-0.2, 0) is 0 Å². The van der Waals surface area contributed by atoms with Crippen molar-refractivity contribution < 1.29 is 0 Å². The van der Waals surface area contributed by atoms with Crippen LogP contribution in [-0.4, -0.2) is 36.6 Å². The van der Waals surface area contributed by atoms with Crippen LogP contribution in [0.4, 0.5) is 0 Å². The minimum Gasteiger partial charge on any atom is -0.301 e. The Morgan fingerprint density at radius 3 is 2.71 bits per heavy atom. The molecular weight excluding hydrogens is 174 g/mol. The summed E-state index contributed by atoms with van der Waals surface area (Å²) in [6, 6.07) is 2.94. The van der Waals surface area contributed by atoms with Crippen LogP contribution in [0.15, 0.2) is 0 Å². The SMILES string of the molecule is CCNC(C#N)CN1CC(C)CC1C. The van der Waals surface area contributed by atoms with Gasteiger partial charge >= 0.3 is 0 Å². The third kappa shape index (κ3) is 2.97. The molecule has 0 amide bonds. The zero-order chi connectivity index (χ0) is 10.6. The molecule has 14 heavy (non-hydrogen) atoms. The van der Waals surface area contributed by atoms with Gasteiger partial charge in [-0.05, 0) is 25.8 Å². The molecule has 3 heteroatoms. The summed E-state index contributed by atoms with van der Waals surface area (Å²) in [4.78, 5) is 2.42. The van der Waals surface area contributed by atoms with Gasteiger partial charge in [0.15, 0.2) is 0 Å². The van der Waals surface area contributed by atoms with Gasteiger partial charge in [0.1, 0.15) is 6.04 Å². The van der Waals surface area contributed by atoms with E-state index in [1.807, 2.05) is 6.92 Å². The van der Waals surface area contributed by atoms with Crippen molar-refractivity contribution in [3.05, 3.63) is 0 Å². The molecule has 1 aliphatic rings. The third-order valence-electron chi connectivity index (χ3n) is 2.94. The average molecular weight is 195 g/mol. The molecule has 0 aromatic carbocycles. The molecule has 0 radical (unpaired) electrons. The second-order valence-corrected chi connectivity index (χ2v) is 4.38. The fraction of sp³-hybridized carbons (Fsp3) is 0.909. The van der Waals surface area contributed by atoms with Crippen LogP contribution in [0.5, 0.6) is 0 Å². The van der Waals surface area contributed by atoms with Crippen LogP contribution >= 0.6 is 0 Å². The predicted octanol–water partition coefficient (Wildman–Crippen LogP) is 1.22. The predicted molar refractivity (Wildman–Crippen MR) is 57.9 cm³/mol. The lowest BCUT2D eigenvalue weighted by atomic mass is 10.1. The third-order valence-corrected chi connectivity index (χ3v) is 2.94. The number of hydrogen-bond acceptors (Lipinski definition) is 3. The Hall–Kier alpha value is -0.590. The van der Waals surface area contributed by atoms with Crippen molar-refractivity contribution in [1.82, 2.24) is 10.2 Å². The van der Waals surface area contributed by atoms with Crippen LogP contribution < -0.4 is 5.32 Å². The van der Waals surface area contributed by atoms with Crippen molar-refractivity contribution in [1.29, 1.82) is 5.26 Å². The number of nitriles is 1. The lowest BCUT2D eigenvalue weighted by Crippen LogP contribution is -2.41. The first-order chi connectivity index (χ1) is 6.67. The minimum absolute atomic E-state index is 0.00671. The quantitative estimate of drug-likeness (QED) is 0.733. The molecule has 1 fully saturated rings. The summed E-state index contributed by atoms with van der Waals surface area (Å²) in [5, 5.41) is 12.1. The van der Waals surface area contributed by atoms with Crippen molar-refractivity contribution in [2.45, 2.75) is 39.3 Å². The van der Waals surface area contributed by atoms with Crippen LogP contribution in [0, 0.1) is 17.2 Å². The zero-order valence-electron chi connectivity index (χ0n) is 9.45. The molecule has 3 unspecified atom stereocenters. The molecule has 1 aliphatic heterocycles. The Morgan fingerprint density at radius 1 is 1.57 bits per heavy atom. The zero-order valence-corrected chi connectivity index (χ0v) is 9.45. The lowest BCUT2D eigenvalue weighted by Gasteiger charge is -2.23. The molecule has 0 saturated carbocycles. The molecule has 0 spiro atoms. The van der Waals surface area contributed by atoms with Gasteiger partial charge < -0.3 is 5.32 Å². The van der Waals surface area contributed by atoms with E-state index in [4.69, 9.17) is 5.26 Å². The molecule has 0 aliphatic carbocycles. The van der Waals surface area contributed by atoms with Gasteiger partial charge in [-0.15, -0.1) is 0 Å². The molecule has 3 nitrogen and oxygen atoms in total. The van der Waals surface area contributed by atoms with Gasteiger partial charge in [-0.2, -0.15) is 5.26 Å². The molecule has 80 valence electrons. The molecule has 1 N–H and O–H groups in total. The Bertz CT molecular complexity index is 209. The van der Waals surface area contributed by atoms with Crippen LogP contribution in [0.2, 0.25) is 0 Å². The maximum Gasteiger partial charge on any atom is 0.108 e. The topological polar surface area (TPSA) is 39.1 Å². The summed E-state index contributed by atoms with van der Waals surface area (Å²) in [5.41, 5.74) is 0. The maximum absolute atomic E-state index is 8.93. The van der Waals surface area contributed by atoms with E-state index >= 15 is 0 Å². The molecule has 0 bridgehead atoms. The van der Waals surface area contributed by atoms with Gasteiger partial charge in [0.25, 0.3) is 0 Å². The van der Waals surface area contributed by atoms with E-state index in [9.17, 15) is 0 Å². The molecule has 3 atom stereocenters. The van der Waals surface area contributed by atoms with E-state index in [1.165, 1.54) is 6.42 Å². The van der Waals surface area contributed by atoms with Crippen molar-refractivity contribution in [2.24, 2.45) is 5.92 Å². The summed E-state index contributed by atoms with van der Waals surface area (Å²) < 4.78 is 0. The van der Waals surface area contributed by atoms with Crippen molar-refractivity contribution in [3.63, 3.8) is 0 Å². The Morgan fingerprint density at radius 2 is 2.29 bits per heavy atom. The standard InChI is InChI=1S/C11H21N3/c1-4-13-11(6-12)8-14-7-9(2)5-10(14)3/h9-11,13H,4-5,7-8H2,1-3H3. The van der Waals surface area contributed by atoms with Crippen LogP contribution in [0.1, 0.15) is 27.2 Å². The number of likely N-dealkylation sites (N-methyl/N-ethyl adjacent to an activating group) is 1. The highest BCUT2D eigenvalue weighted by Gasteiger charge is 2.27. The van der Waals surface area contributed by atoms with E-state index < -0.39 is 0 Å². The molecule has 1 saturated heterocycles. The number of nitrogens with zero attached hydrogens (tertiary/aromatic N) is 2. The molecule has 1 rings (SSSR count). The maximum atomic E-state index is 8.93. The molecule has 0 aromatic rings. The van der Waals surface area contributed by atoms with Crippen molar-refractivity contribution in [2.75, 3.05) is 19.6 Å². The average Bonchev–Trinajstić information content (AvgIpc) is 2.44. The number of nitrogens with one attached hydrogen (secondary N) is 1. The fourth-order valence-electron chi connectivity index (χ4n) is 2.27. The molecular formula is C11H21N3. The summed E-state index contributed by atoms with van der Waals surface area (Å²) in [5.74, 6) is 0.783. The van der Waals surface area contributed by atoms with Crippen LogP contribution in [0.25, 0.3) is 0 Å². The monoisotopic (exact) mass is 195 g/mol. The highest BCUT2D eigenvalue weighted by atomic mass is 15.2. The van der Waals surface area contributed by atoms with Gasteiger partial charge in [0, 0.05) is 19.1 Å². The van der Waals surface area contributed by atoms with E-state index in [0.29, 0.717) is 6.04 Å². The molecule has 0 aromatic heterocycles. The normalized spacial score (nSPS) is 30.1. The van der Waals surface area contributed by atoms with E-state index in [-0.39, 0.29) is 6.04 Å². The number of hydrogen-bond donors (Lipinski definition) is 1. The van der Waals surface area contributed by atoms with Gasteiger partial charge in [-0.25, -0.2) is 0 Å². The summed E-state index contributed by atoms with van der Waals surface area (Å²) >= 11 is 0. The van der Waals surface area contributed by atoms with Gasteiger partial charge in [-0.3, -0.25) is 4.90 Å². The largest absolute Gasteiger partial charge is 0.301 e. The smallest absolute Gasteiger partial charge is 0.108 e. The lowest BCUT2D eigenvalue weighted by molar-refractivity contribution is 0.250. The van der Waals surface area contributed by atoms with Gasteiger partial charge in [0.05, 0.1) is 6.07 Å². The summed E-state index contributed by atoms with van der Waals surface area (Å²) in [6.45, 7) is 9.46.